The number of fused-ring (bicyclic) bond motifs is 1. The van der Waals surface area contributed by atoms with E-state index in [0.717, 1.165) is 49.0 Å². The minimum Gasteiger partial charge on any atom is -0.497 e. The normalized spacial score (nSPS) is 21.2. The van der Waals surface area contributed by atoms with Gasteiger partial charge in [-0.05, 0) is 45.0 Å². The maximum absolute atomic E-state index is 12.3. The number of rotatable bonds is 3. The fourth-order valence-corrected chi connectivity index (χ4v) is 4.09. The van der Waals surface area contributed by atoms with Gasteiger partial charge in [0, 0.05) is 43.6 Å². The first kappa shape index (κ1) is 19.5. The van der Waals surface area contributed by atoms with Crippen LogP contribution in [0.1, 0.15) is 20.8 Å². The van der Waals surface area contributed by atoms with E-state index in [9.17, 15) is 4.79 Å². The summed E-state index contributed by atoms with van der Waals surface area (Å²) in [4.78, 5) is 16.4. The van der Waals surface area contributed by atoms with Gasteiger partial charge in [0.2, 0.25) is 0 Å². The zero-order valence-corrected chi connectivity index (χ0v) is 17.5. The van der Waals surface area contributed by atoms with Gasteiger partial charge < -0.3 is 19.3 Å². The van der Waals surface area contributed by atoms with Crippen LogP contribution in [0.5, 0.6) is 5.75 Å². The molecule has 1 aromatic carbocycles. The standard InChI is InChI=1S/C22H28N4O3/c1-22(2,3)29-21(27)26-13-16-11-25(12-17(16)14-26)20-9-8-19(23-24-20)15-6-5-7-18(10-15)28-4/h5-10,16-17H,11-14H2,1-4H3. The van der Waals surface area contributed by atoms with Gasteiger partial charge in [-0.3, -0.25) is 0 Å². The van der Waals surface area contributed by atoms with Crippen molar-refractivity contribution in [1.29, 1.82) is 0 Å². The first-order valence-electron chi connectivity index (χ1n) is 10.0. The van der Waals surface area contributed by atoms with Crippen molar-refractivity contribution in [1.82, 2.24) is 15.1 Å². The number of aromatic nitrogens is 2. The molecule has 0 bridgehead atoms. The number of hydrogen-bond donors (Lipinski definition) is 0. The van der Waals surface area contributed by atoms with Gasteiger partial charge in [0.05, 0.1) is 12.8 Å². The molecule has 2 unspecified atom stereocenters. The van der Waals surface area contributed by atoms with E-state index in [1.165, 1.54) is 0 Å². The molecule has 2 fully saturated rings. The molecule has 4 rings (SSSR count). The lowest BCUT2D eigenvalue weighted by molar-refractivity contribution is 0.0282. The van der Waals surface area contributed by atoms with Crippen LogP contribution in [-0.4, -0.2) is 60.1 Å². The fourth-order valence-electron chi connectivity index (χ4n) is 4.09. The number of carbonyl (C=O) groups excluding carboxylic acids is 1. The van der Waals surface area contributed by atoms with Crippen LogP contribution in [0, 0.1) is 11.8 Å². The Bertz CT molecular complexity index is 864. The maximum Gasteiger partial charge on any atom is 0.410 e. The monoisotopic (exact) mass is 396 g/mol. The van der Waals surface area contributed by atoms with Crippen LogP contribution in [0.4, 0.5) is 10.6 Å². The Morgan fingerprint density at radius 2 is 1.76 bits per heavy atom. The van der Waals surface area contributed by atoms with Crippen LogP contribution < -0.4 is 9.64 Å². The van der Waals surface area contributed by atoms with Gasteiger partial charge in [-0.15, -0.1) is 10.2 Å². The van der Waals surface area contributed by atoms with Crippen LogP contribution in [0.15, 0.2) is 36.4 Å². The third-order valence-corrected chi connectivity index (χ3v) is 5.48. The molecule has 0 radical (unpaired) electrons. The summed E-state index contributed by atoms with van der Waals surface area (Å²) in [5.41, 5.74) is 1.35. The molecule has 2 aromatic rings. The van der Waals surface area contributed by atoms with Crippen LogP contribution in [-0.2, 0) is 4.74 Å². The van der Waals surface area contributed by atoms with E-state index >= 15 is 0 Å². The topological polar surface area (TPSA) is 67.8 Å². The maximum atomic E-state index is 12.3. The molecular weight excluding hydrogens is 368 g/mol. The number of benzene rings is 1. The molecule has 1 amide bonds. The van der Waals surface area contributed by atoms with Gasteiger partial charge in [0.25, 0.3) is 0 Å². The molecule has 0 aliphatic carbocycles. The van der Waals surface area contributed by atoms with Gasteiger partial charge >= 0.3 is 6.09 Å². The Hall–Kier alpha value is -2.83. The number of anilines is 1. The Kier molecular flexibility index (Phi) is 5.06. The van der Waals surface area contributed by atoms with Crippen molar-refractivity contribution in [3.05, 3.63) is 36.4 Å². The quantitative estimate of drug-likeness (QED) is 0.792. The minimum absolute atomic E-state index is 0.208. The van der Waals surface area contributed by atoms with E-state index in [4.69, 9.17) is 9.47 Å². The van der Waals surface area contributed by atoms with E-state index in [-0.39, 0.29) is 6.09 Å². The number of likely N-dealkylation sites (tertiary alicyclic amines) is 1. The van der Waals surface area contributed by atoms with Crippen molar-refractivity contribution in [3.8, 4) is 17.0 Å². The number of nitrogens with zero attached hydrogens (tertiary/aromatic N) is 4. The first-order valence-corrected chi connectivity index (χ1v) is 10.0. The first-order chi connectivity index (χ1) is 13.8. The molecule has 2 aliphatic heterocycles. The molecule has 7 nitrogen and oxygen atoms in total. The van der Waals surface area contributed by atoms with Crippen LogP contribution in [0.3, 0.4) is 0 Å². The molecule has 0 N–H and O–H groups in total. The number of carbonyl (C=O) groups is 1. The molecule has 2 aliphatic rings. The molecule has 0 saturated carbocycles. The molecule has 0 spiro atoms. The average Bonchev–Trinajstić information content (AvgIpc) is 3.26. The molecular formula is C22H28N4O3. The van der Waals surface area contributed by atoms with E-state index in [2.05, 4.69) is 15.1 Å². The summed E-state index contributed by atoms with van der Waals surface area (Å²) in [5.74, 6) is 2.58. The number of hydrogen-bond acceptors (Lipinski definition) is 6. The lowest BCUT2D eigenvalue weighted by atomic mass is 10.0. The second-order valence-electron chi connectivity index (χ2n) is 8.82. The van der Waals surface area contributed by atoms with Crippen molar-refractivity contribution >= 4 is 11.9 Å². The second-order valence-corrected chi connectivity index (χ2v) is 8.82. The summed E-state index contributed by atoms with van der Waals surface area (Å²) in [7, 11) is 1.65. The SMILES string of the molecule is COc1cccc(-c2ccc(N3CC4CN(C(=O)OC(C)(C)C)CC4C3)nn2)c1. The highest BCUT2D eigenvalue weighted by Gasteiger charge is 2.43. The molecule has 29 heavy (non-hydrogen) atoms. The average molecular weight is 396 g/mol. The summed E-state index contributed by atoms with van der Waals surface area (Å²) < 4.78 is 10.8. The minimum atomic E-state index is -0.457. The fraction of sp³-hybridized carbons (Fsp3) is 0.500. The predicted octanol–water partition coefficient (Wildman–Crippen LogP) is 3.46. The molecule has 154 valence electrons. The van der Waals surface area contributed by atoms with Crippen LogP contribution in [0.2, 0.25) is 0 Å². The van der Waals surface area contributed by atoms with Crippen molar-refractivity contribution in [2.45, 2.75) is 26.4 Å². The van der Waals surface area contributed by atoms with Gasteiger partial charge in [-0.25, -0.2) is 4.79 Å². The summed E-state index contributed by atoms with van der Waals surface area (Å²) >= 11 is 0. The smallest absolute Gasteiger partial charge is 0.410 e. The molecule has 2 saturated heterocycles. The highest BCUT2D eigenvalue weighted by Crippen LogP contribution is 2.34. The van der Waals surface area contributed by atoms with E-state index in [1.807, 2.05) is 62.1 Å². The van der Waals surface area contributed by atoms with Gasteiger partial charge in [-0.2, -0.15) is 0 Å². The summed E-state index contributed by atoms with van der Waals surface area (Å²) in [6, 6.07) is 11.8. The van der Waals surface area contributed by atoms with Crippen LogP contribution in [0.25, 0.3) is 11.3 Å². The predicted molar refractivity (Wildman–Crippen MR) is 111 cm³/mol. The van der Waals surface area contributed by atoms with Gasteiger partial charge in [-0.1, -0.05) is 12.1 Å². The molecule has 3 heterocycles. The van der Waals surface area contributed by atoms with Gasteiger partial charge in [0.15, 0.2) is 5.82 Å². The van der Waals surface area contributed by atoms with Gasteiger partial charge in [0.1, 0.15) is 11.4 Å². The van der Waals surface area contributed by atoms with E-state index in [0.29, 0.717) is 11.8 Å². The van der Waals surface area contributed by atoms with Crippen molar-refractivity contribution in [3.63, 3.8) is 0 Å². The Balaban J connectivity index is 1.38. The van der Waals surface area contributed by atoms with Crippen LogP contribution >= 0.6 is 0 Å². The Morgan fingerprint density at radius 1 is 1.03 bits per heavy atom. The lowest BCUT2D eigenvalue weighted by Gasteiger charge is -2.26. The molecule has 7 heteroatoms. The number of methoxy groups -OCH3 is 1. The van der Waals surface area contributed by atoms with Crippen molar-refractivity contribution < 1.29 is 14.3 Å². The summed E-state index contributed by atoms with van der Waals surface area (Å²) in [6.45, 7) is 8.96. The lowest BCUT2D eigenvalue weighted by Crippen LogP contribution is -2.37. The third kappa shape index (κ3) is 4.28. The zero-order valence-electron chi connectivity index (χ0n) is 17.5. The summed E-state index contributed by atoms with van der Waals surface area (Å²) in [5, 5.41) is 8.87. The highest BCUT2D eigenvalue weighted by molar-refractivity contribution is 5.68. The summed E-state index contributed by atoms with van der Waals surface area (Å²) in [6.07, 6.45) is -0.208. The van der Waals surface area contributed by atoms with Crippen molar-refractivity contribution in [2.75, 3.05) is 38.2 Å². The molecule has 2 atom stereocenters. The number of ether oxygens (including phenoxy) is 2. The Labute approximate surface area is 171 Å². The van der Waals surface area contributed by atoms with E-state index < -0.39 is 5.60 Å². The van der Waals surface area contributed by atoms with Crippen molar-refractivity contribution in [2.24, 2.45) is 11.8 Å². The Morgan fingerprint density at radius 3 is 2.34 bits per heavy atom. The highest BCUT2D eigenvalue weighted by atomic mass is 16.6. The largest absolute Gasteiger partial charge is 0.497 e. The van der Waals surface area contributed by atoms with E-state index in [1.54, 1.807) is 7.11 Å². The zero-order chi connectivity index (χ0) is 20.6. The second kappa shape index (κ2) is 7.54. The third-order valence-electron chi connectivity index (χ3n) is 5.48. The molecule has 1 aromatic heterocycles. The number of amides is 1.